The molecule has 0 saturated carbocycles. The summed E-state index contributed by atoms with van der Waals surface area (Å²) < 4.78 is 5.01. The first kappa shape index (κ1) is 9.79. The number of aromatic nitrogens is 1. The van der Waals surface area contributed by atoms with Crippen LogP contribution < -0.4 is 11.1 Å². The minimum absolute atomic E-state index is 0.376. The van der Waals surface area contributed by atoms with Gasteiger partial charge in [-0.15, -0.1) is 0 Å². The molecule has 1 heterocycles. The van der Waals surface area contributed by atoms with Crippen molar-refractivity contribution in [2.45, 2.75) is 0 Å². The minimum atomic E-state index is -0.571. The largest absolute Gasteiger partial charge is 0.453 e. The van der Waals surface area contributed by atoms with Crippen LogP contribution in [0.15, 0.2) is 16.7 Å². The summed E-state index contributed by atoms with van der Waals surface area (Å²) in [6.07, 6.45) is 0.869. The number of nitrogens with one attached hydrogen (secondary N) is 1. The number of ether oxygens (including phenoxy) is 1. The normalized spacial score (nSPS) is 9.38. The molecule has 0 aromatic carbocycles. The summed E-state index contributed by atoms with van der Waals surface area (Å²) in [6, 6.07) is 1.64. The molecule has 0 radical (unpaired) electrons. The second-order valence-electron chi connectivity index (χ2n) is 2.22. The molecule has 0 fully saturated rings. The van der Waals surface area contributed by atoms with Crippen LogP contribution in [0, 0.1) is 0 Å². The summed E-state index contributed by atoms with van der Waals surface area (Å²) in [5.41, 5.74) is 5.97. The Hall–Kier alpha value is -1.30. The van der Waals surface area contributed by atoms with E-state index in [0.717, 1.165) is 0 Å². The van der Waals surface area contributed by atoms with Crippen molar-refractivity contribution in [3.05, 3.63) is 16.7 Å². The summed E-state index contributed by atoms with van der Waals surface area (Å²) in [6.45, 7) is 0. The number of hydrogen-bond donors (Lipinski definition) is 2. The molecule has 0 saturated heterocycles. The molecule has 0 unspecified atom stereocenters. The Bertz CT molecular complexity index is 330. The second-order valence-corrected chi connectivity index (χ2v) is 3.07. The first-order valence-corrected chi connectivity index (χ1v) is 4.18. The van der Waals surface area contributed by atoms with Gasteiger partial charge in [0.05, 0.1) is 23.5 Å². The number of nitrogens with two attached hydrogens (primary N) is 1. The van der Waals surface area contributed by atoms with Crippen LogP contribution in [0.5, 0.6) is 0 Å². The van der Waals surface area contributed by atoms with E-state index < -0.39 is 6.09 Å². The SMILES string of the molecule is COC(=O)Nc1ncc(N)cc1Br. The molecular weight excluding hydrogens is 238 g/mol. The lowest BCUT2D eigenvalue weighted by molar-refractivity contribution is 0.187. The zero-order chi connectivity index (χ0) is 9.84. The van der Waals surface area contributed by atoms with Crippen molar-refractivity contribution >= 4 is 33.5 Å². The molecular formula is C7H8BrN3O2. The molecule has 1 aromatic heterocycles. The average molecular weight is 246 g/mol. The Morgan fingerprint density at radius 3 is 3.00 bits per heavy atom. The summed E-state index contributed by atoms with van der Waals surface area (Å²) in [5, 5.41) is 2.41. The van der Waals surface area contributed by atoms with Crippen molar-refractivity contribution in [1.82, 2.24) is 4.98 Å². The van der Waals surface area contributed by atoms with Gasteiger partial charge in [-0.1, -0.05) is 0 Å². The van der Waals surface area contributed by atoms with Gasteiger partial charge in [0.25, 0.3) is 0 Å². The van der Waals surface area contributed by atoms with E-state index in [0.29, 0.717) is 16.0 Å². The van der Waals surface area contributed by atoms with E-state index in [2.05, 4.69) is 31.0 Å². The van der Waals surface area contributed by atoms with Gasteiger partial charge < -0.3 is 10.5 Å². The Morgan fingerprint density at radius 1 is 1.77 bits per heavy atom. The van der Waals surface area contributed by atoms with Gasteiger partial charge in [0, 0.05) is 0 Å². The van der Waals surface area contributed by atoms with Gasteiger partial charge in [0.15, 0.2) is 0 Å². The highest BCUT2D eigenvalue weighted by molar-refractivity contribution is 9.10. The maximum atomic E-state index is 10.8. The summed E-state index contributed by atoms with van der Waals surface area (Å²) in [4.78, 5) is 14.7. The van der Waals surface area contributed by atoms with Crippen LogP contribution in [-0.2, 0) is 4.74 Å². The Balaban J connectivity index is 2.83. The van der Waals surface area contributed by atoms with Crippen LogP contribution in [0.1, 0.15) is 0 Å². The molecule has 0 aliphatic carbocycles. The number of rotatable bonds is 1. The summed E-state index contributed by atoms with van der Waals surface area (Å²) >= 11 is 3.19. The van der Waals surface area contributed by atoms with E-state index in [1.807, 2.05) is 0 Å². The van der Waals surface area contributed by atoms with Crippen LogP contribution in [0.3, 0.4) is 0 Å². The molecule has 1 amide bonds. The number of nitrogen functional groups attached to an aromatic ring is 1. The zero-order valence-corrected chi connectivity index (χ0v) is 8.46. The number of methoxy groups -OCH3 is 1. The highest BCUT2D eigenvalue weighted by Gasteiger charge is 2.05. The third-order valence-corrected chi connectivity index (χ3v) is 1.87. The lowest BCUT2D eigenvalue weighted by atomic mass is 10.4. The Kier molecular flexibility index (Phi) is 3.07. The minimum Gasteiger partial charge on any atom is -0.453 e. The number of pyridine rings is 1. The maximum Gasteiger partial charge on any atom is 0.412 e. The lowest BCUT2D eigenvalue weighted by Crippen LogP contribution is -2.12. The predicted octanol–water partition coefficient (Wildman–Crippen LogP) is 1.60. The van der Waals surface area contributed by atoms with Crippen LogP contribution in [0.4, 0.5) is 16.3 Å². The monoisotopic (exact) mass is 245 g/mol. The molecule has 0 aliphatic heterocycles. The smallest absolute Gasteiger partial charge is 0.412 e. The molecule has 5 nitrogen and oxygen atoms in total. The van der Waals surface area contributed by atoms with Gasteiger partial charge in [0.1, 0.15) is 5.82 Å². The number of nitrogens with zero attached hydrogens (tertiary/aromatic N) is 1. The molecule has 70 valence electrons. The van der Waals surface area contributed by atoms with Gasteiger partial charge in [-0.25, -0.2) is 9.78 Å². The van der Waals surface area contributed by atoms with Gasteiger partial charge in [-0.3, -0.25) is 5.32 Å². The van der Waals surface area contributed by atoms with E-state index in [9.17, 15) is 4.79 Å². The van der Waals surface area contributed by atoms with Crippen LogP contribution in [-0.4, -0.2) is 18.2 Å². The van der Waals surface area contributed by atoms with Crippen molar-refractivity contribution in [3.8, 4) is 0 Å². The zero-order valence-electron chi connectivity index (χ0n) is 6.87. The van der Waals surface area contributed by atoms with Crippen molar-refractivity contribution in [3.63, 3.8) is 0 Å². The van der Waals surface area contributed by atoms with E-state index in [4.69, 9.17) is 5.73 Å². The van der Waals surface area contributed by atoms with Crippen molar-refractivity contribution < 1.29 is 9.53 Å². The topological polar surface area (TPSA) is 77.2 Å². The van der Waals surface area contributed by atoms with Crippen LogP contribution in [0.25, 0.3) is 0 Å². The van der Waals surface area contributed by atoms with Gasteiger partial charge in [-0.2, -0.15) is 0 Å². The standard InChI is InChI=1S/C7H8BrN3O2/c1-13-7(12)11-6-5(8)2-4(9)3-10-6/h2-3H,9H2,1H3,(H,10,11,12). The predicted molar refractivity (Wildman–Crippen MR) is 52.4 cm³/mol. The molecule has 0 bridgehead atoms. The highest BCUT2D eigenvalue weighted by atomic mass is 79.9. The highest BCUT2D eigenvalue weighted by Crippen LogP contribution is 2.21. The number of halogens is 1. The Morgan fingerprint density at radius 2 is 2.46 bits per heavy atom. The van der Waals surface area contributed by atoms with Gasteiger partial charge >= 0.3 is 6.09 Å². The second kappa shape index (κ2) is 4.08. The van der Waals surface area contributed by atoms with E-state index in [1.54, 1.807) is 6.07 Å². The van der Waals surface area contributed by atoms with Crippen molar-refractivity contribution in [2.24, 2.45) is 0 Å². The molecule has 0 atom stereocenters. The average Bonchev–Trinajstić information content (AvgIpc) is 2.09. The number of carbonyl (C=O) groups is 1. The molecule has 0 aliphatic rings. The number of anilines is 2. The fourth-order valence-corrected chi connectivity index (χ4v) is 1.16. The summed E-state index contributed by atoms with van der Waals surface area (Å²) in [5.74, 6) is 0.376. The van der Waals surface area contributed by atoms with E-state index in [1.165, 1.54) is 13.3 Å². The number of carbonyl (C=O) groups excluding carboxylic acids is 1. The molecule has 1 rings (SSSR count). The number of hydrogen-bond acceptors (Lipinski definition) is 4. The fraction of sp³-hybridized carbons (Fsp3) is 0.143. The Labute approximate surface area is 83.4 Å². The van der Waals surface area contributed by atoms with Crippen LogP contribution >= 0.6 is 15.9 Å². The molecule has 13 heavy (non-hydrogen) atoms. The third-order valence-electron chi connectivity index (χ3n) is 1.27. The first-order valence-electron chi connectivity index (χ1n) is 3.39. The fourth-order valence-electron chi connectivity index (χ4n) is 0.692. The van der Waals surface area contributed by atoms with Gasteiger partial charge in [0.2, 0.25) is 0 Å². The summed E-state index contributed by atoms with van der Waals surface area (Å²) in [7, 11) is 1.28. The molecule has 0 spiro atoms. The molecule has 6 heteroatoms. The maximum absolute atomic E-state index is 10.8. The van der Waals surface area contributed by atoms with E-state index in [-0.39, 0.29) is 0 Å². The van der Waals surface area contributed by atoms with E-state index >= 15 is 0 Å². The van der Waals surface area contributed by atoms with Gasteiger partial charge in [-0.05, 0) is 22.0 Å². The third kappa shape index (κ3) is 2.59. The molecule has 1 aromatic rings. The number of amides is 1. The first-order chi connectivity index (χ1) is 6.13. The molecule has 3 N–H and O–H groups in total. The van der Waals surface area contributed by atoms with Crippen molar-refractivity contribution in [2.75, 3.05) is 18.2 Å². The van der Waals surface area contributed by atoms with Crippen molar-refractivity contribution in [1.29, 1.82) is 0 Å². The quantitative estimate of drug-likeness (QED) is 0.788. The van der Waals surface area contributed by atoms with Crippen LogP contribution in [0.2, 0.25) is 0 Å². The lowest BCUT2D eigenvalue weighted by Gasteiger charge is -2.04.